The molecule has 1 nitrogen and oxygen atoms in total. The van der Waals surface area contributed by atoms with Crippen molar-refractivity contribution in [1.82, 2.24) is 0 Å². The summed E-state index contributed by atoms with van der Waals surface area (Å²) in [5, 5.41) is 5.06. The Bertz CT molecular complexity index is 2440. The average Bonchev–Trinajstić information content (AvgIpc) is 3.81. The van der Waals surface area contributed by atoms with E-state index in [4.69, 9.17) is 4.42 Å². The second kappa shape index (κ2) is 14.6. The molecule has 8 rings (SSSR count). The van der Waals surface area contributed by atoms with Crippen LogP contribution < -0.4 is 0 Å². The first kappa shape index (κ1) is 31.9. The van der Waals surface area contributed by atoms with Gasteiger partial charge in [0.05, 0.1) is 9.40 Å². The maximum absolute atomic E-state index is 6.27. The molecule has 49 heavy (non-hydrogen) atoms. The van der Waals surface area contributed by atoms with E-state index in [0.29, 0.717) is 0 Å². The standard InChI is InChI=1S/C46H42OS2/c1-2-3-4-5-6-7-8-9-10-11-15-33-24-28-39-42(30-33)48-46-40-29-25-34(31-43(40)49-45(39)46)21-20-32-22-26-35(27-23-32)36-17-14-18-38-37-16-12-13-19-41(37)47-44(36)38/h12-14,16-19,22-31H,2-11,15H2,1H3. The van der Waals surface area contributed by atoms with Gasteiger partial charge in [0, 0.05) is 47.6 Å². The van der Waals surface area contributed by atoms with E-state index in [1.165, 1.54) is 106 Å². The fourth-order valence-electron chi connectivity index (χ4n) is 7.20. The van der Waals surface area contributed by atoms with Gasteiger partial charge in [0.25, 0.3) is 0 Å². The molecular formula is C46H42OS2. The number of para-hydroxylation sites is 2. The summed E-state index contributed by atoms with van der Waals surface area (Å²) >= 11 is 3.87. The smallest absolute Gasteiger partial charge is 0.143 e. The molecule has 0 aliphatic carbocycles. The lowest BCUT2D eigenvalue weighted by molar-refractivity contribution is 0.556. The lowest BCUT2D eigenvalue weighted by atomic mass is 10.0. The molecule has 0 saturated heterocycles. The summed E-state index contributed by atoms with van der Waals surface area (Å²) in [4.78, 5) is 0. The molecule has 0 N–H and O–H groups in total. The monoisotopic (exact) mass is 674 g/mol. The molecule has 0 amide bonds. The largest absolute Gasteiger partial charge is 0.455 e. The lowest BCUT2D eigenvalue weighted by Crippen LogP contribution is -1.86. The van der Waals surface area contributed by atoms with E-state index in [-0.39, 0.29) is 0 Å². The van der Waals surface area contributed by atoms with Gasteiger partial charge in [0.1, 0.15) is 11.2 Å². The molecule has 0 fully saturated rings. The van der Waals surface area contributed by atoms with Crippen LogP contribution in [0.4, 0.5) is 0 Å². The highest BCUT2D eigenvalue weighted by Gasteiger charge is 2.14. The molecule has 3 heterocycles. The molecule has 0 aliphatic rings. The van der Waals surface area contributed by atoms with E-state index < -0.39 is 0 Å². The van der Waals surface area contributed by atoms with Gasteiger partial charge in [-0.1, -0.05) is 143 Å². The lowest BCUT2D eigenvalue weighted by Gasteiger charge is -2.03. The van der Waals surface area contributed by atoms with Crippen LogP contribution in [-0.2, 0) is 6.42 Å². The Kier molecular flexibility index (Phi) is 9.52. The van der Waals surface area contributed by atoms with Crippen molar-refractivity contribution in [3.63, 3.8) is 0 Å². The van der Waals surface area contributed by atoms with Gasteiger partial charge in [-0.05, 0) is 60.4 Å². The predicted molar refractivity (Wildman–Crippen MR) is 215 cm³/mol. The molecule has 5 aromatic carbocycles. The maximum Gasteiger partial charge on any atom is 0.143 e. The summed E-state index contributed by atoms with van der Waals surface area (Å²) in [7, 11) is 0. The first-order valence-corrected chi connectivity index (χ1v) is 19.8. The molecule has 0 saturated carbocycles. The minimum absolute atomic E-state index is 0.923. The molecule has 0 radical (unpaired) electrons. The van der Waals surface area contributed by atoms with Crippen LogP contribution in [0.25, 0.3) is 62.6 Å². The fraction of sp³-hybridized carbons (Fsp3) is 0.261. The molecule has 0 bridgehead atoms. The van der Waals surface area contributed by atoms with Gasteiger partial charge in [0.2, 0.25) is 0 Å². The Morgan fingerprint density at radius 2 is 1.16 bits per heavy atom. The number of aryl methyl sites for hydroxylation is 1. The van der Waals surface area contributed by atoms with Crippen LogP contribution >= 0.6 is 22.7 Å². The van der Waals surface area contributed by atoms with Gasteiger partial charge in [-0.2, -0.15) is 0 Å². The van der Waals surface area contributed by atoms with Crippen molar-refractivity contribution in [3.8, 4) is 23.0 Å². The Hall–Kier alpha value is -4.36. The minimum Gasteiger partial charge on any atom is -0.455 e. The molecule has 0 aliphatic heterocycles. The summed E-state index contributed by atoms with van der Waals surface area (Å²) in [5.74, 6) is 6.83. The average molecular weight is 675 g/mol. The van der Waals surface area contributed by atoms with E-state index in [1.54, 1.807) is 0 Å². The fourth-order valence-corrected chi connectivity index (χ4v) is 9.96. The number of rotatable bonds is 12. The highest BCUT2D eigenvalue weighted by molar-refractivity contribution is 7.36. The predicted octanol–water partition coefficient (Wildman–Crippen LogP) is 14.7. The molecule has 0 spiro atoms. The van der Waals surface area contributed by atoms with E-state index in [1.807, 2.05) is 34.8 Å². The van der Waals surface area contributed by atoms with E-state index >= 15 is 0 Å². The third kappa shape index (κ3) is 6.78. The summed E-state index contributed by atoms with van der Waals surface area (Å²) < 4.78 is 11.8. The van der Waals surface area contributed by atoms with Crippen molar-refractivity contribution in [1.29, 1.82) is 0 Å². The SMILES string of the molecule is CCCCCCCCCCCCc1ccc2c(c1)sc1c3ccc(C#Cc4ccc(-c5cccc6c5oc5ccccc56)cc4)cc3sc21. The van der Waals surface area contributed by atoms with Crippen LogP contribution in [0.15, 0.2) is 108 Å². The zero-order valence-electron chi connectivity index (χ0n) is 28.3. The molecular weight excluding hydrogens is 633 g/mol. The highest BCUT2D eigenvalue weighted by atomic mass is 32.1. The zero-order valence-corrected chi connectivity index (χ0v) is 30.0. The van der Waals surface area contributed by atoms with Crippen LogP contribution in [0.5, 0.6) is 0 Å². The number of hydrogen-bond acceptors (Lipinski definition) is 3. The molecule has 3 heteroatoms. The number of fused-ring (bicyclic) bond motifs is 8. The number of hydrogen-bond donors (Lipinski definition) is 0. The van der Waals surface area contributed by atoms with Gasteiger partial charge < -0.3 is 4.42 Å². The number of benzene rings is 5. The van der Waals surface area contributed by atoms with Crippen molar-refractivity contribution in [3.05, 3.63) is 120 Å². The van der Waals surface area contributed by atoms with Crippen LogP contribution in [0, 0.1) is 11.8 Å². The van der Waals surface area contributed by atoms with Crippen molar-refractivity contribution < 1.29 is 4.42 Å². The second-order valence-corrected chi connectivity index (χ2v) is 15.5. The van der Waals surface area contributed by atoms with Crippen LogP contribution in [-0.4, -0.2) is 0 Å². The van der Waals surface area contributed by atoms with Crippen LogP contribution in [0.1, 0.15) is 87.8 Å². The van der Waals surface area contributed by atoms with Crippen LogP contribution in [0.2, 0.25) is 0 Å². The van der Waals surface area contributed by atoms with E-state index in [9.17, 15) is 0 Å². The molecule has 244 valence electrons. The van der Waals surface area contributed by atoms with E-state index in [2.05, 4.69) is 110 Å². The summed E-state index contributed by atoms with van der Waals surface area (Å²) in [6, 6.07) is 37.0. The van der Waals surface area contributed by atoms with Crippen molar-refractivity contribution in [2.24, 2.45) is 0 Å². The maximum atomic E-state index is 6.27. The van der Waals surface area contributed by atoms with Gasteiger partial charge >= 0.3 is 0 Å². The molecule has 0 atom stereocenters. The zero-order chi connectivity index (χ0) is 33.0. The van der Waals surface area contributed by atoms with Crippen molar-refractivity contribution in [2.45, 2.75) is 77.6 Å². The second-order valence-electron chi connectivity index (χ2n) is 13.4. The van der Waals surface area contributed by atoms with Gasteiger partial charge in [-0.3, -0.25) is 0 Å². The third-order valence-electron chi connectivity index (χ3n) is 9.92. The minimum atomic E-state index is 0.923. The Labute approximate surface area is 297 Å². The topological polar surface area (TPSA) is 13.1 Å². The Balaban J connectivity index is 0.927. The van der Waals surface area contributed by atoms with Crippen molar-refractivity contribution in [2.75, 3.05) is 0 Å². The summed E-state index contributed by atoms with van der Waals surface area (Å²) in [6.45, 7) is 2.29. The van der Waals surface area contributed by atoms with Crippen LogP contribution in [0.3, 0.4) is 0 Å². The molecule has 0 unspecified atom stereocenters. The van der Waals surface area contributed by atoms with Gasteiger partial charge in [-0.25, -0.2) is 0 Å². The third-order valence-corrected chi connectivity index (χ3v) is 12.4. The van der Waals surface area contributed by atoms with Gasteiger partial charge in [0.15, 0.2) is 0 Å². The normalized spacial score (nSPS) is 11.7. The summed E-state index contributed by atoms with van der Waals surface area (Å²) in [6.07, 6.45) is 15.1. The molecule has 8 aromatic rings. The van der Waals surface area contributed by atoms with Crippen molar-refractivity contribution >= 4 is 74.2 Å². The number of furan rings is 1. The number of thiophene rings is 2. The Morgan fingerprint density at radius 1 is 0.531 bits per heavy atom. The quantitative estimate of drug-likeness (QED) is 0.0928. The van der Waals surface area contributed by atoms with E-state index in [0.717, 1.165) is 44.2 Å². The first-order chi connectivity index (χ1) is 24.2. The summed E-state index contributed by atoms with van der Waals surface area (Å²) in [5.41, 5.74) is 7.65. The Morgan fingerprint density at radius 3 is 1.94 bits per heavy atom. The first-order valence-electron chi connectivity index (χ1n) is 18.2. The number of unbranched alkanes of at least 4 members (excludes halogenated alkanes) is 9. The molecule has 3 aromatic heterocycles. The highest BCUT2D eigenvalue weighted by Crippen LogP contribution is 2.44. The van der Waals surface area contributed by atoms with Gasteiger partial charge in [-0.15, -0.1) is 22.7 Å².